The predicted octanol–water partition coefficient (Wildman–Crippen LogP) is 10.2. The van der Waals surface area contributed by atoms with E-state index in [1.54, 1.807) is 38.5 Å². The minimum atomic E-state index is 0.714. The number of hydrogen-bond donors (Lipinski definition) is 0. The van der Waals surface area contributed by atoms with Gasteiger partial charge in [-0.2, -0.15) is 0 Å². The van der Waals surface area contributed by atoms with Crippen LogP contribution in [0.15, 0.2) is 0 Å². The maximum absolute atomic E-state index is 2.75. The van der Waals surface area contributed by atoms with Crippen molar-refractivity contribution in [2.45, 2.75) is 139 Å². The molecule has 0 aromatic heterocycles. The van der Waals surface area contributed by atoms with Crippen molar-refractivity contribution in [2.75, 3.05) is 0 Å². The summed E-state index contributed by atoms with van der Waals surface area (Å²) in [5.41, 5.74) is 1.45. The summed E-state index contributed by atoms with van der Waals surface area (Å²) >= 11 is 0. The first-order valence-electron chi connectivity index (χ1n) is 14.9. The zero-order chi connectivity index (χ0) is 22.8. The van der Waals surface area contributed by atoms with Gasteiger partial charge in [0.25, 0.3) is 0 Å². The van der Waals surface area contributed by atoms with E-state index in [0.29, 0.717) is 5.41 Å². The van der Waals surface area contributed by atoms with Gasteiger partial charge in [-0.15, -0.1) is 0 Å². The largest absolute Gasteiger partial charge is 0.0683 e. The van der Waals surface area contributed by atoms with Gasteiger partial charge in [0.05, 0.1) is 0 Å². The molecule has 10 atom stereocenters. The monoisotopic (exact) mass is 430 g/mol. The van der Waals surface area contributed by atoms with E-state index in [0.717, 1.165) is 52.8 Å². The summed E-state index contributed by atoms with van der Waals surface area (Å²) < 4.78 is 0. The van der Waals surface area contributed by atoms with Gasteiger partial charge in [0.15, 0.2) is 0 Å². The van der Waals surface area contributed by atoms with Gasteiger partial charge < -0.3 is 0 Å². The molecule has 4 aliphatic carbocycles. The van der Waals surface area contributed by atoms with Crippen LogP contribution < -0.4 is 0 Å². The van der Waals surface area contributed by atoms with Crippen LogP contribution in [0, 0.1) is 58.2 Å². The Morgan fingerprint density at radius 3 is 2.32 bits per heavy atom. The Hall–Kier alpha value is 0. The second-order valence-electron chi connectivity index (χ2n) is 12.8. The van der Waals surface area contributed by atoms with Crippen molar-refractivity contribution in [3.8, 4) is 0 Å². The lowest BCUT2D eigenvalue weighted by Crippen LogP contribution is -2.58. The van der Waals surface area contributed by atoms with Gasteiger partial charge in [-0.05, 0) is 110 Å². The molecule has 2 bridgehead atoms. The highest BCUT2D eigenvalue weighted by molar-refractivity contribution is 5.18. The molecule has 4 rings (SSSR count). The van der Waals surface area contributed by atoms with Crippen molar-refractivity contribution >= 4 is 0 Å². The minimum absolute atomic E-state index is 0.714. The predicted molar refractivity (Wildman–Crippen MR) is 138 cm³/mol. The van der Waals surface area contributed by atoms with E-state index >= 15 is 0 Å². The minimum Gasteiger partial charge on any atom is -0.0683 e. The van der Waals surface area contributed by atoms with Gasteiger partial charge in [0, 0.05) is 0 Å². The number of hydrogen-bond acceptors (Lipinski definition) is 0. The summed E-state index contributed by atoms with van der Waals surface area (Å²) in [4.78, 5) is 0. The second kappa shape index (κ2) is 10.5. The van der Waals surface area contributed by atoms with Gasteiger partial charge in [-0.25, -0.2) is 0 Å². The van der Waals surface area contributed by atoms with E-state index in [2.05, 4.69) is 41.5 Å². The van der Waals surface area contributed by atoms with Crippen LogP contribution in [0.2, 0.25) is 0 Å². The summed E-state index contributed by atoms with van der Waals surface area (Å²) in [7, 11) is 0. The van der Waals surface area contributed by atoms with Crippen molar-refractivity contribution in [3.05, 3.63) is 0 Å². The van der Waals surface area contributed by atoms with Crippen LogP contribution in [-0.4, -0.2) is 0 Å². The van der Waals surface area contributed by atoms with Crippen LogP contribution in [0.1, 0.15) is 139 Å². The molecular weight excluding hydrogens is 372 g/mol. The molecule has 0 nitrogen and oxygen atoms in total. The molecule has 4 aliphatic rings. The molecule has 31 heavy (non-hydrogen) atoms. The van der Waals surface area contributed by atoms with Gasteiger partial charge >= 0.3 is 0 Å². The lowest BCUT2D eigenvalue weighted by atomic mass is 9.40. The first-order valence-corrected chi connectivity index (χ1v) is 14.9. The van der Waals surface area contributed by atoms with Crippen LogP contribution in [0.4, 0.5) is 0 Å². The standard InChI is InChI=1S/C29H52.C2H6/c1-7-9-10-11-24-18-22(5)28-13-12-26-21(4)17-25(16-20(3)8-2)23(6)29(26,15-14-28)27(28)19-24;1-2/h20-27H,7-19H2,1-6H3;1-2H3. The molecule has 0 N–H and O–H groups in total. The van der Waals surface area contributed by atoms with Gasteiger partial charge in [0.2, 0.25) is 0 Å². The summed E-state index contributed by atoms with van der Waals surface area (Å²) in [5.74, 6) is 8.03. The Labute approximate surface area is 197 Å². The van der Waals surface area contributed by atoms with E-state index in [-0.39, 0.29) is 0 Å². The number of rotatable bonds is 7. The molecule has 0 heteroatoms. The van der Waals surface area contributed by atoms with E-state index in [4.69, 9.17) is 0 Å². The summed E-state index contributed by atoms with van der Waals surface area (Å²) in [6, 6.07) is 0. The van der Waals surface area contributed by atoms with E-state index < -0.39 is 0 Å². The van der Waals surface area contributed by atoms with Crippen LogP contribution in [-0.2, 0) is 0 Å². The van der Waals surface area contributed by atoms with Crippen molar-refractivity contribution in [1.29, 1.82) is 0 Å². The molecule has 0 aliphatic heterocycles. The molecule has 182 valence electrons. The molecule has 1 spiro atoms. The Morgan fingerprint density at radius 2 is 1.65 bits per heavy atom. The molecule has 4 fully saturated rings. The van der Waals surface area contributed by atoms with Crippen LogP contribution in [0.3, 0.4) is 0 Å². The fraction of sp³-hybridized carbons (Fsp3) is 1.00. The highest BCUT2D eigenvalue weighted by Gasteiger charge is 2.69. The lowest BCUT2D eigenvalue weighted by molar-refractivity contribution is -0.160. The first kappa shape index (κ1) is 25.6. The van der Waals surface area contributed by atoms with Crippen molar-refractivity contribution < 1.29 is 0 Å². The summed E-state index contributed by atoms with van der Waals surface area (Å²) in [6.07, 6.45) is 19.8. The summed E-state index contributed by atoms with van der Waals surface area (Å²) in [6.45, 7) is 19.4. The van der Waals surface area contributed by atoms with Crippen molar-refractivity contribution in [3.63, 3.8) is 0 Å². The average Bonchev–Trinajstić information content (AvgIpc) is 2.98. The Morgan fingerprint density at radius 1 is 0.903 bits per heavy atom. The molecule has 0 heterocycles. The fourth-order valence-electron chi connectivity index (χ4n) is 10.1. The van der Waals surface area contributed by atoms with E-state index in [9.17, 15) is 0 Å². The third-order valence-electron chi connectivity index (χ3n) is 11.7. The lowest BCUT2D eigenvalue weighted by Gasteiger charge is -2.64. The fourth-order valence-corrected chi connectivity index (χ4v) is 10.1. The molecule has 0 aromatic carbocycles. The maximum atomic E-state index is 2.75. The second-order valence-corrected chi connectivity index (χ2v) is 12.8. The van der Waals surface area contributed by atoms with Crippen molar-refractivity contribution in [2.24, 2.45) is 58.2 Å². The van der Waals surface area contributed by atoms with E-state index in [1.165, 1.54) is 44.9 Å². The zero-order valence-electron chi connectivity index (χ0n) is 22.8. The molecule has 0 aromatic rings. The average molecular weight is 431 g/mol. The smallest absolute Gasteiger partial charge is 0.0204 e. The topological polar surface area (TPSA) is 0 Å². The van der Waals surface area contributed by atoms with Crippen molar-refractivity contribution in [1.82, 2.24) is 0 Å². The molecule has 4 saturated carbocycles. The van der Waals surface area contributed by atoms with Crippen LogP contribution in [0.25, 0.3) is 0 Å². The quantitative estimate of drug-likeness (QED) is 0.352. The first-order chi connectivity index (χ1) is 14.9. The van der Waals surface area contributed by atoms with Gasteiger partial charge in [-0.3, -0.25) is 0 Å². The molecular formula is C31H58. The van der Waals surface area contributed by atoms with Crippen LogP contribution >= 0.6 is 0 Å². The summed E-state index contributed by atoms with van der Waals surface area (Å²) in [5, 5.41) is 0. The van der Waals surface area contributed by atoms with Gasteiger partial charge in [0.1, 0.15) is 0 Å². The third-order valence-corrected chi connectivity index (χ3v) is 11.7. The Kier molecular flexibility index (Phi) is 8.68. The maximum Gasteiger partial charge on any atom is -0.0204 e. The highest BCUT2D eigenvalue weighted by atomic mass is 14.7. The molecule has 0 saturated heterocycles. The van der Waals surface area contributed by atoms with Crippen LogP contribution in [0.5, 0.6) is 0 Å². The Balaban J connectivity index is 0.00000132. The zero-order valence-corrected chi connectivity index (χ0v) is 22.8. The highest BCUT2D eigenvalue weighted by Crippen LogP contribution is 2.76. The SMILES string of the molecule is CC.CCCCCC1CC(C)C23CCC4C(C)CC(CC(C)CC)C(C)C4(CC2)C3C1. The molecule has 0 amide bonds. The number of unbranched alkanes of at least 4 members (excludes halogenated alkanes) is 2. The van der Waals surface area contributed by atoms with E-state index in [1.807, 2.05) is 13.8 Å². The third kappa shape index (κ3) is 4.30. The molecule has 0 radical (unpaired) electrons. The molecule has 10 unspecified atom stereocenters. The van der Waals surface area contributed by atoms with Gasteiger partial charge in [-0.1, -0.05) is 87.5 Å². The normalized spacial score (nSPS) is 47.0. The Bertz CT molecular complexity index is 550.